The normalized spacial score (nSPS) is 34.2. The molecule has 4 aliphatic carbocycles. The van der Waals surface area contributed by atoms with Gasteiger partial charge in [0, 0.05) is 12.6 Å². The lowest BCUT2D eigenvalue weighted by molar-refractivity contribution is -0.146. The van der Waals surface area contributed by atoms with Crippen LogP contribution < -0.4 is 21.3 Å². The van der Waals surface area contributed by atoms with E-state index in [9.17, 15) is 32.4 Å². The number of piperidine rings is 1. The number of likely N-dealkylation sites (tertiary alicyclic amines) is 1. The molecule has 49 heavy (non-hydrogen) atoms. The smallest absolute Gasteiger partial charge is 0.315 e. The van der Waals surface area contributed by atoms with Crippen molar-refractivity contribution in [3.8, 4) is 0 Å². The van der Waals surface area contributed by atoms with Crippen LogP contribution in [0, 0.1) is 28.6 Å². The fraction of sp³-hybridized carbons (Fsp3) is 0.861. The first-order valence-electron chi connectivity index (χ1n) is 18.7. The second-order valence-electron chi connectivity index (χ2n) is 17.7. The first-order chi connectivity index (χ1) is 22.9. The lowest BCUT2D eigenvalue weighted by Crippen LogP contribution is -2.65. The van der Waals surface area contributed by atoms with E-state index in [0.717, 1.165) is 38.5 Å². The van der Waals surface area contributed by atoms with Crippen LogP contribution in [0.15, 0.2) is 0 Å². The number of nitrogens with one attached hydrogen (secondary N) is 4. The fourth-order valence-corrected chi connectivity index (χ4v) is 12.0. The van der Waals surface area contributed by atoms with E-state index in [4.69, 9.17) is 0 Å². The first kappa shape index (κ1) is 36.1. The third kappa shape index (κ3) is 6.62. The van der Waals surface area contributed by atoms with Crippen LogP contribution in [-0.2, 0) is 29.0 Å². The van der Waals surface area contributed by atoms with Crippen molar-refractivity contribution >= 4 is 39.4 Å². The van der Waals surface area contributed by atoms with Crippen LogP contribution >= 0.6 is 0 Å². The molecule has 4 N–H and O–H groups in total. The van der Waals surface area contributed by atoms with Crippen LogP contribution in [0.5, 0.6) is 0 Å². The summed E-state index contributed by atoms with van der Waals surface area (Å²) in [6.07, 6.45) is 8.45. The monoisotopic (exact) mass is 703 g/mol. The highest BCUT2D eigenvalue weighted by molar-refractivity contribution is 7.92. The number of sulfone groups is 1. The van der Waals surface area contributed by atoms with Crippen molar-refractivity contribution in [3.63, 3.8) is 0 Å². The van der Waals surface area contributed by atoms with Gasteiger partial charge in [-0.05, 0) is 80.0 Å². The van der Waals surface area contributed by atoms with Gasteiger partial charge in [0.1, 0.15) is 17.6 Å². The minimum atomic E-state index is -3.35. The molecule has 6 fully saturated rings. The van der Waals surface area contributed by atoms with E-state index in [-0.39, 0.29) is 40.9 Å². The summed E-state index contributed by atoms with van der Waals surface area (Å²) in [7, 11) is -3.35. The molecule has 6 rings (SSSR count). The van der Waals surface area contributed by atoms with E-state index in [2.05, 4.69) is 35.1 Å². The second kappa shape index (κ2) is 12.5. The Hall–Kier alpha value is -2.70. The topological polar surface area (TPSA) is 171 Å². The average Bonchev–Trinajstić information content (AvgIpc) is 3.95. The maximum atomic E-state index is 14.5. The predicted octanol–water partition coefficient (Wildman–Crippen LogP) is 2.99. The van der Waals surface area contributed by atoms with Gasteiger partial charge in [-0.15, -0.1) is 0 Å². The molecule has 2 saturated heterocycles. The number of hydrogen-bond acceptors (Lipinski definition) is 7. The number of hydrogen-bond donors (Lipinski definition) is 4. The zero-order valence-corrected chi connectivity index (χ0v) is 31.0. The fourth-order valence-electron chi connectivity index (χ4n) is 9.63. The molecule has 13 heteroatoms. The van der Waals surface area contributed by atoms with Crippen molar-refractivity contribution in [2.45, 2.75) is 153 Å². The van der Waals surface area contributed by atoms with Gasteiger partial charge in [-0.2, -0.15) is 0 Å². The minimum Gasteiger partial charge on any atom is -0.347 e. The summed E-state index contributed by atoms with van der Waals surface area (Å²) < 4.78 is 26.1. The van der Waals surface area contributed by atoms with E-state index in [1.165, 1.54) is 0 Å². The van der Waals surface area contributed by atoms with Crippen LogP contribution in [0.3, 0.4) is 0 Å². The van der Waals surface area contributed by atoms with Crippen LogP contribution in [-0.4, -0.2) is 89.6 Å². The van der Waals surface area contributed by atoms with Gasteiger partial charge in [0.2, 0.25) is 17.6 Å². The van der Waals surface area contributed by atoms with E-state index in [1.54, 1.807) is 4.90 Å². The lowest BCUT2D eigenvalue weighted by Gasteiger charge is -2.43. The maximum Gasteiger partial charge on any atom is 0.315 e. The van der Waals surface area contributed by atoms with Crippen molar-refractivity contribution in [1.82, 2.24) is 26.2 Å². The van der Waals surface area contributed by atoms with Gasteiger partial charge in [-0.25, -0.2) is 13.2 Å². The highest BCUT2D eigenvalue weighted by Gasteiger charge is 2.71. The Balaban J connectivity index is 1.21. The number of Topliss-reactive ketones (excluding diaryl/α,β-unsaturated/α-hetero) is 1. The van der Waals surface area contributed by atoms with Gasteiger partial charge in [-0.1, -0.05) is 67.2 Å². The van der Waals surface area contributed by atoms with Crippen molar-refractivity contribution in [2.24, 2.45) is 28.6 Å². The largest absolute Gasteiger partial charge is 0.347 e. The minimum absolute atomic E-state index is 0.0122. The van der Waals surface area contributed by atoms with Crippen LogP contribution in [0.25, 0.3) is 0 Å². The van der Waals surface area contributed by atoms with E-state index in [0.29, 0.717) is 45.1 Å². The van der Waals surface area contributed by atoms with Crippen LogP contribution in [0.4, 0.5) is 4.79 Å². The molecule has 0 aromatic rings. The number of fused-ring (bicyclic) bond motifs is 1. The van der Waals surface area contributed by atoms with Gasteiger partial charge in [-0.3, -0.25) is 19.2 Å². The number of rotatable bonds is 11. The molecule has 12 nitrogen and oxygen atoms in total. The van der Waals surface area contributed by atoms with Crippen LogP contribution in [0.1, 0.15) is 119 Å². The molecule has 5 amide bonds. The maximum absolute atomic E-state index is 14.5. The zero-order chi connectivity index (χ0) is 35.7. The zero-order valence-electron chi connectivity index (χ0n) is 30.2. The molecule has 0 aromatic heterocycles. The summed E-state index contributed by atoms with van der Waals surface area (Å²) in [5.74, 6) is -2.15. The SMILES string of the molecule is CCC[C@@H]1CC1(NC(=O)[C@@H]1C2C(CN1C(=O)[C@H](NC(=O)NC1(C3CCCS3(=O)=O)CCCCC1)C(C)(C)C)C2(C)C)C(=O)C(=O)NC1CC1. The van der Waals surface area contributed by atoms with Crippen molar-refractivity contribution in [3.05, 3.63) is 0 Å². The number of urea groups is 1. The quantitative estimate of drug-likeness (QED) is 0.240. The lowest BCUT2D eigenvalue weighted by atomic mass is 9.78. The Kier molecular flexibility index (Phi) is 9.22. The molecule has 274 valence electrons. The number of carbonyl (C=O) groups is 5. The molecular weight excluding hydrogens is 646 g/mol. The molecule has 2 aliphatic heterocycles. The Labute approximate surface area is 291 Å². The van der Waals surface area contributed by atoms with Gasteiger partial charge in [0.15, 0.2) is 9.84 Å². The molecule has 4 saturated carbocycles. The Morgan fingerprint density at radius 3 is 2.18 bits per heavy atom. The highest BCUT2D eigenvalue weighted by Crippen LogP contribution is 2.65. The summed E-state index contributed by atoms with van der Waals surface area (Å²) in [5, 5.41) is 11.2. The van der Waals surface area contributed by atoms with Crippen molar-refractivity contribution in [2.75, 3.05) is 12.3 Å². The van der Waals surface area contributed by atoms with E-state index in [1.807, 2.05) is 27.7 Å². The Morgan fingerprint density at radius 1 is 0.939 bits per heavy atom. The molecule has 0 spiro atoms. The summed E-state index contributed by atoms with van der Waals surface area (Å²) in [6, 6.07) is -2.42. The van der Waals surface area contributed by atoms with Gasteiger partial charge < -0.3 is 26.2 Å². The standard InChI is InChI=1S/C36H57N5O7S/c1-7-12-21-19-36(21,28(42)30(44)37-22-14-15-22)39-29(43)26-25-23(34(25,5)6)20-41(26)31(45)27(33(2,3)4)38-32(46)40-35(16-9-8-10-17-35)24-13-11-18-49(24,47)48/h21-27H,7-20H2,1-6H3,(H,37,44)(H,39,43)(H2,38,40,46)/t21-,23?,24?,25?,26+,27+,36?/m1/s1. The predicted molar refractivity (Wildman–Crippen MR) is 184 cm³/mol. The van der Waals surface area contributed by atoms with Crippen LogP contribution in [0.2, 0.25) is 0 Å². The van der Waals surface area contributed by atoms with E-state index >= 15 is 0 Å². The number of amides is 5. The molecule has 0 bridgehead atoms. The summed E-state index contributed by atoms with van der Waals surface area (Å²) in [4.78, 5) is 70.7. The van der Waals surface area contributed by atoms with E-state index < -0.39 is 67.3 Å². The summed E-state index contributed by atoms with van der Waals surface area (Å²) >= 11 is 0. The number of ketones is 1. The molecule has 6 aliphatic rings. The molecule has 7 atom stereocenters. The summed E-state index contributed by atoms with van der Waals surface area (Å²) in [5.41, 5.74) is -3.07. The van der Waals surface area contributed by atoms with Gasteiger partial charge >= 0.3 is 6.03 Å². The molecular formula is C36H57N5O7S. The highest BCUT2D eigenvalue weighted by atomic mass is 32.2. The first-order valence-corrected chi connectivity index (χ1v) is 20.4. The third-order valence-corrected chi connectivity index (χ3v) is 15.2. The third-order valence-electron chi connectivity index (χ3n) is 12.8. The average molecular weight is 704 g/mol. The Morgan fingerprint density at radius 2 is 1.61 bits per heavy atom. The molecule has 0 radical (unpaired) electrons. The second-order valence-corrected chi connectivity index (χ2v) is 20.0. The van der Waals surface area contributed by atoms with Crippen molar-refractivity contribution < 1.29 is 32.4 Å². The van der Waals surface area contributed by atoms with Gasteiger partial charge in [0.25, 0.3) is 5.91 Å². The van der Waals surface area contributed by atoms with Crippen molar-refractivity contribution in [1.29, 1.82) is 0 Å². The molecule has 4 unspecified atom stereocenters. The summed E-state index contributed by atoms with van der Waals surface area (Å²) in [6.45, 7) is 12.1. The number of nitrogens with zero attached hydrogens (tertiary/aromatic N) is 1. The number of carbonyl (C=O) groups excluding carboxylic acids is 5. The molecule has 0 aromatic carbocycles. The Bertz CT molecular complexity index is 1490. The molecule has 2 heterocycles. The van der Waals surface area contributed by atoms with Gasteiger partial charge in [0.05, 0.1) is 16.5 Å².